The smallest absolute Gasteiger partial charge is 0.270 e. The van der Waals surface area contributed by atoms with Crippen LogP contribution in [0.3, 0.4) is 0 Å². The van der Waals surface area contributed by atoms with Crippen molar-refractivity contribution in [1.82, 2.24) is 20.5 Å². The third-order valence-electron chi connectivity index (χ3n) is 8.30. The van der Waals surface area contributed by atoms with Crippen molar-refractivity contribution < 1.29 is 14.0 Å². The number of fused-ring (bicyclic) bond motifs is 1. The summed E-state index contributed by atoms with van der Waals surface area (Å²) in [6.45, 7) is 15.9. The molecule has 1 amide bonds. The average molecular weight is 587 g/mol. The molecule has 1 aliphatic rings. The Kier molecular flexibility index (Phi) is 10.5. The summed E-state index contributed by atoms with van der Waals surface area (Å²) >= 11 is 0. The lowest BCUT2D eigenvalue weighted by molar-refractivity contribution is -0.117. The topological polar surface area (TPSA) is 74.3 Å². The van der Waals surface area contributed by atoms with Crippen molar-refractivity contribution in [3.63, 3.8) is 0 Å². The number of hydrogen-bond donors (Lipinski definition) is 2. The van der Waals surface area contributed by atoms with Crippen LogP contribution in [-0.4, -0.2) is 47.8 Å². The van der Waals surface area contributed by atoms with Gasteiger partial charge in [0.05, 0.1) is 5.69 Å². The second-order valence-corrected chi connectivity index (χ2v) is 12.9. The summed E-state index contributed by atoms with van der Waals surface area (Å²) in [5.74, 6) is -0.243. The second kappa shape index (κ2) is 13.9. The number of benzene rings is 2. The number of carbonyl (C=O) groups excluding carboxylic acids is 2. The minimum Gasteiger partial charge on any atom is -0.347 e. The fraction of sp³-hybridized carbons (Fsp3) is 0.472. The number of pyridine rings is 1. The van der Waals surface area contributed by atoms with Gasteiger partial charge in [0.1, 0.15) is 17.3 Å². The lowest BCUT2D eigenvalue weighted by atomic mass is 9.89. The van der Waals surface area contributed by atoms with Gasteiger partial charge in [0.25, 0.3) is 5.91 Å². The van der Waals surface area contributed by atoms with E-state index >= 15 is 4.39 Å². The van der Waals surface area contributed by atoms with Gasteiger partial charge in [-0.25, -0.2) is 9.37 Å². The molecule has 0 unspecified atom stereocenters. The van der Waals surface area contributed by atoms with Crippen LogP contribution in [-0.2, 0) is 17.8 Å². The largest absolute Gasteiger partial charge is 0.347 e. The highest BCUT2D eigenvalue weighted by molar-refractivity contribution is 5.92. The van der Waals surface area contributed by atoms with E-state index in [1.807, 2.05) is 18.2 Å². The molecule has 4 rings (SSSR count). The molecule has 230 valence electrons. The molecule has 6 nitrogen and oxygen atoms in total. The number of Topliss-reactive ketones (excluding diaryl/α,β-unsaturated/α-hetero) is 1. The summed E-state index contributed by atoms with van der Waals surface area (Å²) in [5.41, 5.74) is 9.04. The minimum absolute atomic E-state index is 0.0321. The van der Waals surface area contributed by atoms with Crippen LogP contribution in [0, 0.1) is 39.4 Å². The van der Waals surface area contributed by atoms with Crippen molar-refractivity contribution in [1.29, 1.82) is 0 Å². The molecule has 43 heavy (non-hydrogen) atoms. The number of halogens is 1. The molecule has 1 aliphatic heterocycles. The van der Waals surface area contributed by atoms with Gasteiger partial charge in [-0.15, -0.1) is 0 Å². The highest BCUT2D eigenvalue weighted by Gasteiger charge is 2.24. The van der Waals surface area contributed by atoms with E-state index in [2.05, 4.69) is 74.3 Å². The molecule has 3 aromatic rings. The van der Waals surface area contributed by atoms with Crippen LogP contribution in [0.15, 0.2) is 36.4 Å². The quantitative estimate of drug-likeness (QED) is 0.266. The van der Waals surface area contributed by atoms with E-state index in [0.29, 0.717) is 29.3 Å². The summed E-state index contributed by atoms with van der Waals surface area (Å²) < 4.78 is 15.8. The molecule has 0 aliphatic carbocycles. The van der Waals surface area contributed by atoms with Crippen LogP contribution >= 0.6 is 0 Å². The van der Waals surface area contributed by atoms with E-state index in [-0.39, 0.29) is 30.0 Å². The zero-order valence-electron chi connectivity index (χ0n) is 27.0. The second-order valence-electron chi connectivity index (χ2n) is 12.9. The highest BCUT2D eigenvalue weighted by atomic mass is 19.1. The predicted octanol–water partition coefficient (Wildman–Crippen LogP) is 6.56. The number of aryl methyl sites for hydroxylation is 4. The van der Waals surface area contributed by atoms with Gasteiger partial charge in [-0.3, -0.25) is 9.59 Å². The van der Waals surface area contributed by atoms with E-state index in [4.69, 9.17) is 0 Å². The fourth-order valence-corrected chi connectivity index (χ4v) is 6.38. The third-order valence-corrected chi connectivity index (χ3v) is 8.30. The maximum Gasteiger partial charge on any atom is 0.270 e. The number of hydrogen-bond acceptors (Lipinski definition) is 5. The van der Waals surface area contributed by atoms with E-state index in [0.717, 1.165) is 53.9 Å². The molecule has 0 saturated heterocycles. The Labute approximate surface area is 256 Å². The van der Waals surface area contributed by atoms with E-state index < -0.39 is 6.04 Å². The Balaban J connectivity index is 1.59. The predicted molar refractivity (Wildman–Crippen MR) is 172 cm³/mol. The molecule has 0 fully saturated rings. The number of likely N-dealkylation sites (N-methyl/N-ethyl adjacent to an activating group) is 1. The molecule has 0 bridgehead atoms. The number of amides is 1. The Morgan fingerprint density at radius 1 is 1.02 bits per heavy atom. The average Bonchev–Trinajstić information content (AvgIpc) is 2.91. The molecule has 0 radical (unpaired) electrons. The number of carbonyl (C=O) groups is 2. The van der Waals surface area contributed by atoms with Crippen LogP contribution in [0.4, 0.5) is 4.39 Å². The van der Waals surface area contributed by atoms with Crippen molar-refractivity contribution in [2.75, 3.05) is 20.1 Å². The molecular formula is C36H47FN4O2. The van der Waals surface area contributed by atoms with Crippen molar-refractivity contribution in [2.45, 2.75) is 86.4 Å². The summed E-state index contributed by atoms with van der Waals surface area (Å²) in [5, 5.41) is 6.64. The SMILES string of the molecule is CC(=O)C[C@H](NC[C@H](CC(C)C)NC(=O)c1ccc2c(n1)CN(C)CC2)c1cc(-c2c(C)cc(C)cc2C)cc(C)c1F. The molecular weight excluding hydrogens is 539 g/mol. The fourth-order valence-electron chi connectivity index (χ4n) is 6.38. The van der Waals surface area contributed by atoms with E-state index in [9.17, 15) is 9.59 Å². The van der Waals surface area contributed by atoms with Crippen LogP contribution < -0.4 is 10.6 Å². The van der Waals surface area contributed by atoms with Crippen LogP contribution in [0.5, 0.6) is 0 Å². The number of ketones is 1. The summed E-state index contributed by atoms with van der Waals surface area (Å²) in [6, 6.07) is 11.1. The molecule has 2 atom stereocenters. The zero-order valence-corrected chi connectivity index (χ0v) is 27.0. The summed E-state index contributed by atoms with van der Waals surface area (Å²) in [7, 11) is 2.06. The zero-order chi connectivity index (χ0) is 31.4. The number of rotatable bonds is 11. The van der Waals surface area contributed by atoms with Gasteiger partial charge in [0.2, 0.25) is 0 Å². The first kappa shape index (κ1) is 32.5. The van der Waals surface area contributed by atoms with Gasteiger partial charge < -0.3 is 15.5 Å². The molecule has 2 aromatic carbocycles. The van der Waals surface area contributed by atoms with Crippen molar-refractivity contribution in [3.05, 3.63) is 87.0 Å². The van der Waals surface area contributed by atoms with E-state index in [1.54, 1.807) is 13.0 Å². The van der Waals surface area contributed by atoms with Gasteiger partial charge >= 0.3 is 0 Å². The van der Waals surface area contributed by atoms with Gasteiger partial charge in [-0.05, 0) is 112 Å². The Hall–Kier alpha value is -3.42. The Morgan fingerprint density at radius 3 is 2.37 bits per heavy atom. The highest BCUT2D eigenvalue weighted by Crippen LogP contribution is 2.34. The van der Waals surface area contributed by atoms with Crippen molar-refractivity contribution >= 4 is 11.7 Å². The molecule has 0 spiro atoms. The van der Waals surface area contributed by atoms with Gasteiger partial charge in [-0.1, -0.05) is 37.6 Å². The first-order valence-corrected chi connectivity index (χ1v) is 15.4. The van der Waals surface area contributed by atoms with E-state index in [1.165, 1.54) is 18.1 Å². The number of aromatic nitrogens is 1. The van der Waals surface area contributed by atoms with Gasteiger partial charge in [-0.2, -0.15) is 0 Å². The third kappa shape index (κ3) is 8.15. The normalized spacial score (nSPS) is 14.8. The monoisotopic (exact) mass is 586 g/mol. The van der Waals surface area contributed by atoms with Gasteiger partial charge in [0, 0.05) is 43.7 Å². The molecule has 2 heterocycles. The maximum atomic E-state index is 15.8. The minimum atomic E-state index is -0.536. The summed E-state index contributed by atoms with van der Waals surface area (Å²) in [6.07, 6.45) is 1.80. The Morgan fingerprint density at radius 2 is 1.72 bits per heavy atom. The first-order valence-electron chi connectivity index (χ1n) is 15.4. The molecule has 2 N–H and O–H groups in total. The first-order chi connectivity index (χ1) is 20.3. The molecule has 0 saturated carbocycles. The van der Waals surface area contributed by atoms with Crippen LogP contribution in [0.1, 0.15) is 89.2 Å². The summed E-state index contributed by atoms with van der Waals surface area (Å²) in [4.78, 5) is 32.7. The van der Waals surface area contributed by atoms with Gasteiger partial charge in [0.15, 0.2) is 0 Å². The standard InChI is InChI=1S/C36H47FN4O2/c1-21(2)13-29(39-36(43)31-10-9-27-11-12-41(8)20-33(27)40-31)19-38-32(17-26(7)42)30-18-28(16-25(6)35(30)37)34-23(4)14-22(3)15-24(34)5/h9-10,14-16,18,21,29,32,38H,11-13,17,19-20H2,1-8H3,(H,39,43)/t29-,32-/m0/s1. The maximum absolute atomic E-state index is 15.8. The van der Waals surface area contributed by atoms with Crippen molar-refractivity contribution in [2.24, 2.45) is 5.92 Å². The molecule has 1 aromatic heterocycles. The van der Waals surface area contributed by atoms with Crippen LogP contribution in [0.25, 0.3) is 11.1 Å². The Bertz CT molecular complexity index is 1480. The lowest BCUT2D eigenvalue weighted by Gasteiger charge is -2.27. The molecule has 7 heteroatoms. The number of nitrogens with one attached hydrogen (secondary N) is 2. The van der Waals surface area contributed by atoms with Crippen LogP contribution in [0.2, 0.25) is 0 Å². The number of nitrogens with zero attached hydrogens (tertiary/aromatic N) is 2. The van der Waals surface area contributed by atoms with Crippen molar-refractivity contribution in [3.8, 4) is 11.1 Å². The lowest BCUT2D eigenvalue weighted by Crippen LogP contribution is -2.44.